The predicted molar refractivity (Wildman–Crippen MR) is 115 cm³/mol. The average Bonchev–Trinajstić information content (AvgIpc) is 3.09. The molecule has 5 rings (SSSR count). The van der Waals surface area contributed by atoms with Gasteiger partial charge in [-0.05, 0) is 29.8 Å². The lowest BCUT2D eigenvalue weighted by atomic mass is 10.1. The number of nitrogens with zero attached hydrogens (tertiary/aromatic N) is 2. The van der Waals surface area contributed by atoms with Gasteiger partial charge in [0.05, 0.1) is 11.2 Å². The highest BCUT2D eigenvalue weighted by Gasteiger charge is 2.20. The number of pyridine rings is 1. The minimum Gasteiger partial charge on any atom is -0.477 e. The van der Waals surface area contributed by atoms with Crippen LogP contribution in [0.3, 0.4) is 0 Å². The van der Waals surface area contributed by atoms with E-state index in [2.05, 4.69) is 9.55 Å². The number of benzene rings is 3. The number of halogens is 1. The third-order valence-electron chi connectivity index (χ3n) is 5.27. The van der Waals surface area contributed by atoms with Crippen LogP contribution in [-0.2, 0) is 6.54 Å². The van der Waals surface area contributed by atoms with Gasteiger partial charge in [-0.2, -0.15) is 0 Å². The maximum atomic E-state index is 13.4. The summed E-state index contributed by atoms with van der Waals surface area (Å²) in [6.45, 7) is 0.512. The predicted octanol–water partition coefficient (Wildman–Crippen LogP) is 5.74. The van der Waals surface area contributed by atoms with Crippen LogP contribution in [0.15, 0.2) is 84.9 Å². The fraction of sp³-hybridized carbons (Fsp3) is 0.0400. The van der Waals surface area contributed by atoms with Gasteiger partial charge in [-0.25, -0.2) is 14.2 Å². The van der Waals surface area contributed by atoms with Gasteiger partial charge in [0.15, 0.2) is 0 Å². The molecule has 5 aromatic rings. The van der Waals surface area contributed by atoms with Crippen molar-refractivity contribution in [3.8, 4) is 11.3 Å². The molecule has 0 amide bonds. The molecule has 1 N–H and O–H groups in total. The number of carbonyl (C=O) groups is 1. The number of aromatic nitrogens is 2. The summed E-state index contributed by atoms with van der Waals surface area (Å²) in [6, 6.07) is 25.5. The summed E-state index contributed by atoms with van der Waals surface area (Å²) in [6.07, 6.45) is 0. The summed E-state index contributed by atoms with van der Waals surface area (Å²) in [4.78, 5) is 16.3. The normalized spacial score (nSPS) is 11.2. The van der Waals surface area contributed by atoms with Crippen LogP contribution in [0.25, 0.3) is 33.1 Å². The van der Waals surface area contributed by atoms with Gasteiger partial charge in [0.2, 0.25) is 0 Å². The van der Waals surface area contributed by atoms with Crippen molar-refractivity contribution in [1.82, 2.24) is 9.55 Å². The van der Waals surface area contributed by atoms with E-state index in [1.165, 1.54) is 12.1 Å². The number of fused-ring (bicyclic) bond motifs is 3. The van der Waals surface area contributed by atoms with Crippen molar-refractivity contribution in [3.05, 3.63) is 102 Å². The minimum atomic E-state index is -1.07. The molecular weight excluding hydrogens is 379 g/mol. The Bertz CT molecular complexity index is 1390. The van der Waals surface area contributed by atoms with Crippen molar-refractivity contribution >= 4 is 27.8 Å². The molecule has 0 aliphatic heterocycles. The lowest BCUT2D eigenvalue weighted by Crippen LogP contribution is -2.05. The molecule has 2 heterocycles. The fourth-order valence-electron chi connectivity index (χ4n) is 3.92. The fourth-order valence-corrected chi connectivity index (χ4v) is 3.92. The smallest absolute Gasteiger partial charge is 0.354 e. The summed E-state index contributed by atoms with van der Waals surface area (Å²) in [5.41, 5.74) is 4.24. The Hall–Kier alpha value is -3.99. The molecule has 0 aliphatic carbocycles. The van der Waals surface area contributed by atoms with E-state index >= 15 is 0 Å². The van der Waals surface area contributed by atoms with Gasteiger partial charge in [0.1, 0.15) is 11.5 Å². The highest BCUT2D eigenvalue weighted by Crippen LogP contribution is 2.36. The molecule has 0 saturated heterocycles. The van der Waals surface area contributed by atoms with E-state index in [-0.39, 0.29) is 11.5 Å². The van der Waals surface area contributed by atoms with E-state index in [1.807, 2.05) is 54.6 Å². The molecule has 146 valence electrons. The van der Waals surface area contributed by atoms with Crippen LogP contribution in [0.2, 0.25) is 0 Å². The van der Waals surface area contributed by atoms with E-state index in [0.29, 0.717) is 12.2 Å². The Kier molecular flexibility index (Phi) is 4.29. The van der Waals surface area contributed by atoms with Gasteiger partial charge >= 0.3 is 5.97 Å². The van der Waals surface area contributed by atoms with E-state index in [0.717, 1.165) is 32.9 Å². The highest BCUT2D eigenvalue weighted by molar-refractivity contribution is 6.13. The van der Waals surface area contributed by atoms with Crippen LogP contribution in [0, 0.1) is 5.82 Å². The second-order valence-electron chi connectivity index (χ2n) is 7.15. The first-order chi connectivity index (χ1) is 14.6. The highest BCUT2D eigenvalue weighted by atomic mass is 19.1. The summed E-state index contributed by atoms with van der Waals surface area (Å²) in [5.74, 6) is -1.34. The van der Waals surface area contributed by atoms with Crippen LogP contribution in [0.4, 0.5) is 4.39 Å². The van der Waals surface area contributed by atoms with Crippen molar-refractivity contribution in [2.45, 2.75) is 6.54 Å². The van der Waals surface area contributed by atoms with Crippen molar-refractivity contribution in [2.75, 3.05) is 0 Å². The van der Waals surface area contributed by atoms with Gasteiger partial charge in [0, 0.05) is 28.4 Å². The standard InChI is InChI=1S/C25H17FN2O2/c26-18-12-10-16(11-13-18)15-28-22-9-5-4-8-19(22)20-14-21(25(29)30)27-23(24(20)28)17-6-2-1-3-7-17/h1-14H,15H2,(H,29,30). The molecule has 4 nitrogen and oxygen atoms in total. The Labute approximate surface area is 171 Å². The van der Waals surface area contributed by atoms with Crippen LogP contribution in [0.5, 0.6) is 0 Å². The van der Waals surface area contributed by atoms with E-state index in [9.17, 15) is 14.3 Å². The van der Waals surface area contributed by atoms with Crippen molar-refractivity contribution in [2.24, 2.45) is 0 Å². The zero-order valence-electron chi connectivity index (χ0n) is 15.9. The molecule has 5 heteroatoms. The van der Waals surface area contributed by atoms with Gasteiger partial charge < -0.3 is 9.67 Å². The zero-order chi connectivity index (χ0) is 20.7. The third-order valence-corrected chi connectivity index (χ3v) is 5.27. The molecule has 0 unspecified atom stereocenters. The maximum absolute atomic E-state index is 13.4. The summed E-state index contributed by atoms with van der Waals surface area (Å²) in [7, 11) is 0. The van der Waals surface area contributed by atoms with Crippen molar-refractivity contribution in [1.29, 1.82) is 0 Å². The summed E-state index contributed by atoms with van der Waals surface area (Å²) in [5, 5.41) is 11.4. The van der Waals surface area contributed by atoms with Gasteiger partial charge in [-0.3, -0.25) is 0 Å². The molecule has 2 aromatic heterocycles. The Morgan fingerprint density at radius 1 is 0.900 bits per heavy atom. The first-order valence-electron chi connectivity index (χ1n) is 9.57. The van der Waals surface area contributed by atoms with E-state index < -0.39 is 5.97 Å². The molecule has 3 aromatic carbocycles. The number of hydrogen-bond donors (Lipinski definition) is 1. The largest absolute Gasteiger partial charge is 0.477 e. The van der Waals surface area contributed by atoms with Crippen molar-refractivity contribution < 1.29 is 14.3 Å². The SMILES string of the molecule is O=C(O)c1cc2c3ccccc3n(Cc3ccc(F)cc3)c2c(-c2ccccc2)n1. The first kappa shape index (κ1) is 18.1. The Morgan fingerprint density at radius 3 is 2.33 bits per heavy atom. The molecule has 0 spiro atoms. The summed E-state index contributed by atoms with van der Waals surface area (Å²) >= 11 is 0. The number of carboxylic acids is 1. The molecule has 30 heavy (non-hydrogen) atoms. The monoisotopic (exact) mass is 396 g/mol. The molecular formula is C25H17FN2O2. The van der Waals surface area contributed by atoms with Crippen LogP contribution >= 0.6 is 0 Å². The lowest BCUT2D eigenvalue weighted by Gasteiger charge is -2.12. The molecule has 0 aliphatic rings. The van der Waals surface area contributed by atoms with Crippen LogP contribution < -0.4 is 0 Å². The molecule has 0 atom stereocenters. The van der Waals surface area contributed by atoms with Gasteiger partial charge in [-0.1, -0.05) is 60.7 Å². The van der Waals surface area contributed by atoms with E-state index in [4.69, 9.17) is 0 Å². The second-order valence-corrected chi connectivity index (χ2v) is 7.15. The van der Waals surface area contributed by atoms with Crippen LogP contribution in [0.1, 0.15) is 16.1 Å². The van der Waals surface area contributed by atoms with Crippen LogP contribution in [-0.4, -0.2) is 20.6 Å². The molecule has 0 saturated carbocycles. The number of carboxylic acid groups (broad SMARTS) is 1. The molecule has 0 bridgehead atoms. The number of aromatic carboxylic acids is 1. The third kappa shape index (κ3) is 3.01. The second kappa shape index (κ2) is 7.12. The topological polar surface area (TPSA) is 55.1 Å². The first-order valence-corrected chi connectivity index (χ1v) is 9.57. The van der Waals surface area contributed by atoms with Gasteiger partial charge in [0.25, 0.3) is 0 Å². The van der Waals surface area contributed by atoms with E-state index in [1.54, 1.807) is 18.2 Å². The Morgan fingerprint density at radius 2 is 1.60 bits per heavy atom. The zero-order valence-corrected chi connectivity index (χ0v) is 15.9. The number of rotatable bonds is 4. The summed E-state index contributed by atoms with van der Waals surface area (Å²) < 4.78 is 15.5. The average molecular weight is 396 g/mol. The quantitative estimate of drug-likeness (QED) is 0.421. The lowest BCUT2D eigenvalue weighted by molar-refractivity contribution is 0.0691. The molecule has 0 fully saturated rings. The molecule has 0 radical (unpaired) electrons. The maximum Gasteiger partial charge on any atom is 0.354 e. The van der Waals surface area contributed by atoms with Crippen molar-refractivity contribution in [3.63, 3.8) is 0 Å². The number of hydrogen-bond acceptors (Lipinski definition) is 2. The minimum absolute atomic E-state index is 0.00559. The Balaban J connectivity index is 1.87. The number of para-hydroxylation sites is 1. The van der Waals surface area contributed by atoms with Gasteiger partial charge in [-0.15, -0.1) is 0 Å².